The van der Waals surface area contributed by atoms with Crippen molar-refractivity contribution in [3.63, 3.8) is 0 Å². The van der Waals surface area contributed by atoms with Crippen LogP contribution in [0.2, 0.25) is 0 Å². The summed E-state index contributed by atoms with van der Waals surface area (Å²) in [5.41, 5.74) is 0. The molecule has 0 saturated heterocycles. The zero-order chi connectivity index (χ0) is 14.4. The summed E-state index contributed by atoms with van der Waals surface area (Å²) in [5, 5.41) is 6.91. The molecule has 0 unspecified atom stereocenters. The van der Waals surface area contributed by atoms with Crippen LogP contribution in [0.25, 0.3) is 0 Å². The lowest BCUT2D eigenvalue weighted by Crippen LogP contribution is -2.07. The maximum Gasteiger partial charge on any atom is 0.195 e. The van der Waals surface area contributed by atoms with Crippen LogP contribution in [0.1, 0.15) is 12.7 Å². The molecule has 0 aliphatic rings. The Morgan fingerprint density at radius 2 is 2.05 bits per heavy atom. The molecule has 106 valence electrons. The third kappa shape index (κ3) is 3.27. The summed E-state index contributed by atoms with van der Waals surface area (Å²) >= 11 is 5.15. The van der Waals surface area contributed by atoms with Gasteiger partial charge in [-0.1, -0.05) is 18.2 Å². The van der Waals surface area contributed by atoms with E-state index in [2.05, 4.69) is 16.8 Å². The maximum absolute atomic E-state index is 5.77. The van der Waals surface area contributed by atoms with Gasteiger partial charge in [0, 0.05) is 6.54 Å². The van der Waals surface area contributed by atoms with Crippen LogP contribution in [0.5, 0.6) is 11.5 Å². The van der Waals surface area contributed by atoms with Gasteiger partial charge < -0.3 is 9.47 Å². The topological polar surface area (TPSA) is 52.1 Å². The van der Waals surface area contributed by atoms with Crippen LogP contribution >= 0.6 is 12.2 Å². The van der Waals surface area contributed by atoms with Crippen molar-refractivity contribution in [2.75, 3.05) is 6.61 Å². The van der Waals surface area contributed by atoms with Crippen molar-refractivity contribution in [2.45, 2.75) is 20.1 Å². The van der Waals surface area contributed by atoms with E-state index in [4.69, 9.17) is 21.7 Å². The molecule has 6 heteroatoms. The number of allylic oxidation sites excluding steroid dienone is 1. The first kappa shape index (κ1) is 14.3. The highest BCUT2D eigenvalue weighted by Crippen LogP contribution is 2.26. The molecule has 1 aromatic carbocycles. The van der Waals surface area contributed by atoms with Crippen LogP contribution in [0.15, 0.2) is 36.9 Å². The van der Waals surface area contributed by atoms with Gasteiger partial charge in [-0.15, -0.1) is 6.58 Å². The highest BCUT2D eigenvalue weighted by atomic mass is 32.1. The molecular formula is C14H17N3O2S. The molecule has 0 radical (unpaired) electrons. The van der Waals surface area contributed by atoms with Gasteiger partial charge in [0.2, 0.25) is 0 Å². The maximum atomic E-state index is 5.77. The predicted molar refractivity (Wildman–Crippen MR) is 79.6 cm³/mol. The highest BCUT2D eigenvalue weighted by Gasteiger charge is 2.08. The Labute approximate surface area is 122 Å². The molecule has 1 aromatic heterocycles. The van der Waals surface area contributed by atoms with Gasteiger partial charge in [-0.2, -0.15) is 5.10 Å². The Bertz CT molecular complexity index is 633. The van der Waals surface area contributed by atoms with Crippen LogP contribution in [0, 0.1) is 4.77 Å². The van der Waals surface area contributed by atoms with E-state index in [0.29, 0.717) is 30.3 Å². The zero-order valence-electron chi connectivity index (χ0n) is 11.3. The van der Waals surface area contributed by atoms with Crippen molar-refractivity contribution in [3.05, 3.63) is 47.5 Å². The number of para-hydroxylation sites is 2. The number of nitrogens with one attached hydrogen (secondary N) is 1. The van der Waals surface area contributed by atoms with Crippen LogP contribution in [0.3, 0.4) is 0 Å². The second-order valence-corrected chi connectivity index (χ2v) is 4.40. The fourth-order valence-electron chi connectivity index (χ4n) is 1.76. The lowest BCUT2D eigenvalue weighted by Gasteiger charge is -2.11. The van der Waals surface area contributed by atoms with Crippen LogP contribution < -0.4 is 9.47 Å². The van der Waals surface area contributed by atoms with Gasteiger partial charge >= 0.3 is 0 Å². The third-order valence-corrected chi connectivity index (χ3v) is 2.97. The number of aromatic nitrogens is 3. The van der Waals surface area contributed by atoms with Crippen molar-refractivity contribution >= 4 is 12.2 Å². The first-order valence-corrected chi connectivity index (χ1v) is 6.76. The van der Waals surface area contributed by atoms with E-state index in [-0.39, 0.29) is 0 Å². The molecule has 20 heavy (non-hydrogen) atoms. The van der Waals surface area contributed by atoms with Crippen molar-refractivity contribution in [1.82, 2.24) is 14.8 Å². The zero-order valence-corrected chi connectivity index (χ0v) is 12.2. The van der Waals surface area contributed by atoms with Crippen LogP contribution in [-0.2, 0) is 13.2 Å². The number of nitrogens with zero attached hydrogens (tertiary/aromatic N) is 2. The van der Waals surface area contributed by atoms with Gasteiger partial charge in [-0.25, -0.2) is 0 Å². The van der Waals surface area contributed by atoms with Crippen LogP contribution in [-0.4, -0.2) is 21.4 Å². The molecule has 0 aliphatic carbocycles. The summed E-state index contributed by atoms with van der Waals surface area (Å²) in [7, 11) is 0. The molecule has 1 heterocycles. The predicted octanol–water partition coefficient (Wildman–Crippen LogP) is 3.10. The average Bonchev–Trinajstić information content (AvgIpc) is 2.80. The summed E-state index contributed by atoms with van der Waals surface area (Å²) in [6.07, 6.45) is 1.77. The summed E-state index contributed by atoms with van der Waals surface area (Å²) in [6.45, 7) is 7.14. The van der Waals surface area contributed by atoms with Crippen molar-refractivity contribution in [1.29, 1.82) is 0 Å². The number of aromatic amines is 1. The number of hydrogen-bond acceptors (Lipinski definition) is 4. The van der Waals surface area contributed by atoms with Gasteiger partial charge in [-0.3, -0.25) is 9.67 Å². The normalized spacial score (nSPS) is 10.2. The van der Waals surface area contributed by atoms with E-state index in [0.717, 1.165) is 11.6 Å². The lowest BCUT2D eigenvalue weighted by molar-refractivity contribution is 0.260. The van der Waals surface area contributed by atoms with Gasteiger partial charge in [0.15, 0.2) is 22.1 Å². The molecular weight excluding hydrogens is 274 g/mol. The van der Waals surface area contributed by atoms with E-state index < -0.39 is 0 Å². The Hall–Kier alpha value is -2.08. The first-order valence-electron chi connectivity index (χ1n) is 6.35. The largest absolute Gasteiger partial charge is 0.490 e. The molecule has 0 aliphatic heterocycles. The number of hydrogen-bond donors (Lipinski definition) is 1. The number of rotatable bonds is 7. The Kier molecular flexibility index (Phi) is 4.95. The SMILES string of the molecule is C=CCn1c(COc2ccccc2OCC)n[nH]c1=S. The summed E-state index contributed by atoms with van der Waals surface area (Å²) in [6, 6.07) is 7.55. The molecule has 0 fully saturated rings. The second-order valence-electron chi connectivity index (χ2n) is 4.01. The molecule has 2 rings (SSSR count). The Balaban J connectivity index is 2.13. The summed E-state index contributed by atoms with van der Waals surface area (Å²) in [5.74, 6) is 2.13. The van der Waals surface area contributed by atoms with E-state index in [1.807, 2.05) is 35.8 Å². The number of H-pyrrole nitrogens is 1. The number of ether oxygens (including phenoxy) is 2. The Morgan fingerprint density at radius 1 is 1.35 bits per heavy atom. The quantitative estimate of drug-likeness (QED) is 0.629. The minimum atomic E-state index is 0.311. The standard InChI is InChI=1S/C14H17N3O2S/c1-3-9-17-13(15-16-14(17)20)10-19-12-8-6-5-7-11(12)18-4-2/h3,5-8H,1,4,9-10H2,2H3,(H,16,20). The first-order chi connectivity index (χ1) is 9.76. The second kappa shape index (κ2) is 6.91. The molecule has 0 spiro atoms. The fraction of sp³-hybridized carbons (Fsp3) is 0.286. The fourth-order valence-corrected chi connectivity index (χ4v) is 1.99. The minimum Gasteiger partial charge on any atom is -0.490 e. The van der Waals surface area contributed by atoms with Crippen LogP contribution in [0.4, 0.5) is 0 Å². The molecule has 1 N–H and O–H groups in total. The third-order valence-electron chi connectivity index (χ3n) is 2.65. The van der Waals surface area contributed by atoms with E-state index in [9.17, 15) is 0 Å². The smallest absolute Gasteiger partial charge is 0.195 e. The molecule has 0 atom stereocenters. The van der Waals surface area contributed by atoms with Gasteiger partial charge in [0.1, 0.15) is 6.61 Å². The highest BCUT2D eigenvalue weighted by molar-refractivity contribution is 7.71. The Morgan fingerprint density at radius 3 is 2.70 bits per heavy atom. The van der Waals surface area contributed by atoms with Crippen molar-refractivity contribution in [3.8, 4) is 11.5 Å². The summed E-state index contributed by atoms with van der Waals surface area (Å²) < 4.78 is 13.7. The molecule has 0 saturated carbocycles. The van der Waals surface area contributed by atoms with E-state index in [1.54, 1.807) is 6.08 Å². The van der Waals surface area contributed by atoms with Crippen molar-refractivity contribution < 1.29 is 9.47 Å². The molecule has 0 amide bonds. The van der Waals surface area contributed by atoms with Crippen molar-refractivity contribution in [2.24, 2.45) is 0 Å². The minimum absolute atomic E-state index is 0.311. The average molecular weight is 291 g/mol. The lowest BCUT2D eigenvalue weighted by atomic mass is 10.3. The summed E-state index contributed by atoms with van der Waals surface area (Å²) in [4.78, 5) is 0. The molecule has 5 nitrogen and oxygen atoms in total. The van der Waals surface area contributed by atoms with Gasteiger partial charge in [0.05, 0.1) is 6.61 Å². The van der Waals surface area contributed by atoms with E-state index in [1.165, 1.54) is 0 Å². The van der Waals surface area contributed by atoms with Gasteiger partial charge in [-0.05, 0) is 31.3 Å². The monoisotopic (exact) mass is 291 g/mol. The van der Waals surface area contributed by atoms with Gasteiger partial charge in [0.25, 0.3) is 0 Å². The number of benzene rings is 1. The van der Waals surface area contributed by atoms with E-state index >= 15 is 0 Å². The molecule has 0 bridgehead atoms. The molecule has 2 aromatic rings.